The summed E-state index contributed by atoms with van der Waals surface area (Å²) in [6, 6.07) is 13.4. The molecule has 1 atom stereocenters. The van der Waals surface area contributed by atoms with Crippen molar-refractivity contribution in [1.82, 2.24) is 14.5 Å². The highest BCUT2D eigenvalue weighted by Crippen LogP contribution is 2.33. The molecule has 2 aromatic carbocycles. The molecule has 0 saturated carbocycles. The maximum atomic E-state index is 15.0. The molecule has 1 aliphatic heterocycles. The summed E-state index contributed by atoms with van der Waals surface area (Å²) in [5.74, 6) is 0.556. The van der Waals surface area contributed by atoms with Gasteiger partial charge in [0.1, 0.15) is 17.5 Å². The van der Waals surface area contributed by atoms with Crippen molar-refractivity contribution in [3.05, 3.63) is 92.5 Å². The van der Waals surface area contributed by atoms with E-state index in [9.17, 15) is 9.18 Å². The second-order valence-electron chi connectivity index (χ2n) is 8.38. The number of nitrogens with zero attached hydrogens (tertiary/aromatic N) is 5. The van der Waals surface area contributed by atoms with Gasteiger partial charge in [0.25, 0.3) is 5.56 Å². The zero-order valence-corrected chi connectivity index (χ0v) is 19.9. The van der Waals surface area contributed by atoms with Crippen LogP contribution in [0.1, 0.15) is 17.5 Å². The van der Waals surface area contributed by atoms with E-state index in [4.69, 9.17) is 27.9 Å². The van der Waals surface area contributed by atoms with Gasteiger partial charge in [-0.2, -0.15) is 0 Å². The number of hydrogen-bond acceptors (Lipinski definition) is 5. The van der Waals surface area contributed by atoms with Crippen LogP contribution in [-0.4, -0.2) is 34.2 Å². The van der Waals surface area contributed by atoms with Crippen molar-refractivity contribution in [2.45, 2.75) is 13.0 Å². The van der Waals surface area contributed by atoms with Gasteiger partial charge >= 0.3 is 0 Å². The minimum atomic E-state index is -0.564. The van der Waals surface area contributed by atoms with E-state index < -0.39 is 5.82 Å². The molecule has 1 fully saturated rings. The summed E-state index contributed by atoms with van der Waals surface area (Å²) >= 11 is 5.97. The molecule has 5 rings (SSSR count). The molecule has 9 heteroatoms. The summed E-state index contributed by atoms with van der Waals surface area (Å²) in [6.45, 7) is 10.4. The molecule has 0 spiro atoms. The number of hydrogen-bond donors (Lipinski definition) is 0. The van der Waals surface area contributed by atoms with Gasteiger partial charge in [-0.1, -0.05) is 35.9 Å². The Bertz CT molecular complexity index is 1550. The minimum absolute atomic E-state index is 0.184. The number of anilines is 1. The predicted molar refractivity (Wildman–Crippen MR) is 134 cm³/mol. The maximum Gasteiger partial charge on any atom is 0.263 e. The molecule has 3 heterocycles. The molecule has 7 nitrogen and oxygen atoms in total. The highest BCUT2D eigenvalue weighted by molar-refractivity contribution is 6.30. The molecule has 176 valence electrons. The third-order valence-corrected chi connectivity index (χ3v) is 6.48. The van der Waals surface area contributed by atoms with Crippen LogP contribution in [0.15, 0.2) is 53.3 Å². The lowest BCUT2D eigenvalue weighted by atomic mass is 10.1. The third kappa shape index (κ3) is 4.25. The third-order valence-electron chi connectivity index (χ3n) is 6.24. The fourth-order valence-electron chi connectivity index (χ4n) is 4.24. The molecule has 0 N–H and O–H groups in total. The first kappa shape index (κ1) is 23.0. The Morgan fingerprint density at radius 3 is 2.66 bits per heavy atom. The van der Waals surface area contributed by atoms with Gasteiger partial charge in [-0.15, -0.1) is 0 Å². The summed E-state index contributed by atoms with van der Waals surface area (Å²) in [5, 5.41) is 0.511. The van der Waals surface area contributed by atoms with Crippen molar-refractivity contribution < 1.29 is 9.13 Å². The number of benzene rings is 2. The van der Waals surface area contributed by atoms with Crippen LogP contribution < -0.4 is 10.5 Å². The summed E-state index contributed by atoms with van der Waals surface area (Å²) in [4.78, 5) is 28.0. The van der Waals surface area contributed by atoms with Crippen LogP contribution in [0.5, 0.6) is 0 Å². The largest absolute Gasteiger partial charge is 0.370 e. The second-order valence-corrected chi connectivity index (χ2v) is 8.82. The van der Waals surface area contributed by atoms with E-state index in [1.807, 2.05) is 17.0 Å². The van der Waals surface area contributed by atoms with Gasteiger partial charge in [-0.3, -0.25) is 9.36 Å². The van der Waals surface area contributed by atoms with E-state index in [2.05, 4.69) is 9.83 Å². The molecule has 0 aliphatic carbocycles. The van der Waals surface area contributed by atoms with Crippen molar-refractivity contribution >= 4 is 34.0 Å². The summed E-state index contributed by atoms with van der Waals surface area (Å²) in [5.41, 5.74) is 2.08. The Kier molecular flexibility index (Phi) is 5.97. The van der Waals surface area contributed by atoms with E-state index in [1.54, 1.807) is 38.2 Å². The van der Waals surface area contributed by atoms with Crippen LogP contribution in [0.3, 0.4) is 0 Å². The molecule has 0 bridgehead atoms. The monoisotopic (exact) mass is 489 g/mol. The lowest BCUT2D eigenvalue weighted by Crippen LogP contribution is -2.39. The normalized spacial score (nSPS) is 15.9. The maximum absolute atomic E-state index is 15.0. The molecule has 1 aliphatic rings. The Labute approximate surface area is 206 Å². The standard InChI is InChI=1S/C26H21ClFN5O2/c1-15-30-21-13-23(33-10-11-35-22(14-33)16-4-7-18(29-2)8-5-16)31-25(24(21)26(34)32(15)3)19-9-6-17(27)12-20(19)28/h4-9,12-13,22H,10-11,14H2,1,3H3. The zero-order valence-electron chi connectivity index (χ0n) is 19.1. The van der Waals surface area contributed by atoms with Gasteiger partial charge in [-0.25, -0.2) is 19.2 Å². The van der Waals surface area contributed by atoms with Gasteiger partial charge in [0.15, 0.2) is 5.69 Å². The number of pyridine rings is 1. The van der Waals surface area contributed by atoms with E-state index in [0.29, 0.717) is 42.5 Å². The summed E-state index contributed by atoms with van der Waals surface area (Å²) < 4.78 is 22.4. The van der Waals surface area contributed by atoms with Gasteiger partial charge in [0, 0.05) is 36.8 Å². The molecule has 2 aromatic heterocycles. The molecule has 0 amide bonds. The van der Waals surface area contributed by atoms with E-state index in [0.717, 1.165) is 5.56 Å². The second kappa shape index (κ2) is 9.10. The minimum Gasteiger partial charge on any atom is -0.370 e. The van der Waals surface area contributed by atoms with Crippen LogP contribution in [0.4, 0.5) is 15.9 Å². The fourth-order valence-corrected chi connectivity index (χ4v) is 4.40. The Morgan fingerprint density at radius 1 is 1.17 bits per heavy atom. The zero-order chi connectivity index (χ0) is 24.7. The van der Waals surface area contributed by atoms with Crippen LogP contribution in [-0.2, 0) is 11.8 Å². The van der Waals surface area contributed by atoms with Crippen LogP contribution in [0.25, 0.3) is 27.0 Å². The van der Waals surface area contributed by atoms with Crippen LogP contribution in [0.2, 0.25) is 5.02 Å². The quantitative estimate of drug-likeness (QED) is 0.369. The lowest BCUT2D eigenvalue weighted by Gasteiger charge is -2.34. The van der Waals surface area contributed by atoms with Gasteiger partial charge in [0.05, 0.1) is 35.9 Å². The molecular weight excluding hydrogens is 469 g/mol. The molecule has 4 aromatic rings. The molecule has 1 unspecified atom stereocenters. The number of aromatic nitrogens is 3. The molecule has 1 saturated heterocycles. The Hall–Kier alpha value is -3.80. The Balaban J connectivity index is 1.63. The highest BCUT2D eigenvalue weighted by Gasteiger charge is 2.25. The van der Waals surface area contributed by atoms with E-state index in [1.165, 1.54) is 16.7 Å². The van der Waals surface area contributed by atoms with Crippen molar-refractivity contribution in [3.8, 4) is 11.3 Å². The van der Waals surface area contributed by atoms with Crippen molar-refractivity contribution in [2.24, 2.45) is 7.05 Å². The van der Waals surface area contributed by atoms with Crippen molar-refractivity contribution in [2.75, 3.05) is 24.6 Å². The smallest absolute Gasteiger partial charge is 0.263 e. The number of halogens is 2. The number of morpholine rings is 1. The van der Waals surface area contributed by atoms with Crippen LogP contribution in [0, 0.1) is 19.3 Å². The first-order valence-corrected chi connectivity index (χ1v) is 11.4. The number of rotatable bonds is 3. The first-order chi connectivity index (χ1) is 16.9. The van der Waals surface area contributed by atoms with Crippen molar-refractivity contribution in [3.63, 3.8) is 0 Å². The average Bonchev–Trinajstić information content (AvgIpc) is 2.87. The van der Waals surface area contributed by atoms with Crippen molar-refractivity contribution in [1.29, 1.82) is 0 Å². The number of aryl methyl sites for hydroxylation is 1. The topological polar surface area (TPSA) is 64.6 Å². The number of fused-ring (bicyclic) bond motifs is 1. The highest BCUT2D eigenvalue weighted by atomic mass is 35.5. The first-order valence-electron chi connectivity index (χ1n) is 11.0. The Morgan fingerprint density at radius 2 is 1.94 bits per heavy atom. The predicted octanol–water partition coefficient (Wildman–Crippen LogP) is 5.23. The summed E-state index contributed by atoms with van der Waals surface area (Å²) in [7, 11) is 1.63. The SMILES string of the molecule is [C-]#[N+]c1ccc(C2CN(c3cc4nc(C)n(C)c(=O)c4c(-c4ccc(Cl)cc4F)n3)CCO2)cc1. The summed E-state index contributed by atoms with van der Waals surface area (Å²) in [6.07, 6.45) is -0.227. The van der Waals surface area contributed by atoms with Gasteiger partial charge in [0.2, 0.25) is 0 Å². The number of ether oxygens (including phenoxy) is 1. The van der Waals surface area contributed by atoms with Crippen LogP contribution >= 0.6 is 11.6 Å². The van der Waals surface area contributed by atoms with Gasteiger partial charge < -0.3 is 9.64 Å². The average molecular weight is 490 g/mol. The van der Waals surface area contributed by atoms with E-state index in [-0.39, 0.29) is 33.3 Å². The molecular formula is C26H21ClFN5O2. The fraction of sp³-hybridized carbons (Fsp3) is 0.231. The molecule has 0 radical (unpaired) electrons. The lowest BCUT2D eigenvalue weighted by molar-refractivity contribution is 0.0395. The molecule has 35 heavy (non-hydrogen) atoms. The van der Waals surface area contributed by atoms with Gasteiger partial charge in [-0.05, 0) is 30.7 Å². The van der Waals surface area contributed by atoms with E-state index >= 15 is 0 Å².